The molecule has 13 heteroatoms. The summed E-state index contributed by atoms with van der Waals surface area (Å²) in [4.78, 5) is 51.6. The average molecular weight is 559 g/mol. The Kier molecular flexibility index (Phi) is 8.77. The molecule has 1 aliphatic rings. The SMILES string of the molecule is CC(=O)c1nn(CC(=O)N(CC(=O)NCc2cccc(Cl)c2F)C2CC2)c2ccc(NC(=O)NCCO)cc12. The number of Topliss-reactive ketones (excluding diaryl/α,β-unsaturated/α-hetero) is 1. The first-order chi connectivity index (χ1) is 18.7. The third kappa shape index (κ3) is 6.89. The monoisotopic (exact) mass is 558 g/mol. The molecular weight excluding hydrogens is 531 g/mol. The molecule has 0 aliphatic heterocycles. The highest BCUT2D eigenvalue weighted by atomic mass is 35.5. The standard InChI is InChI=1S/C26H28ClFN6O5/c1-15(36)25-19-11-17(31-26(39)29-9-10-35)5-8-21(19)34(32-25)14-23(38)33(18-6-7-18)13-22(37)30-12-16-3-2-4-20(27)24(16)28/h2-5,8,11,18,35H,6-7,9-10,12-14H2,1H3,(H,30,37)(H2,29,31,39). The van der Waals surface area contributed by atoms with Gasteiger partial charge in [0.05, 0.1) is 23.7 Å². The Bertz CT molecular complexity index is 1420. The van der Waals surface area contributed by atoms with Crippen LogP contribution in [0.15, 0.2) is 36.4 Å². The van der Waals surface area contributed by atoms with Crippen LogP contribution in [0, 0.1) is 5.82 Å². The van der Waals surface area contributed by atoms with Crippen LogP contribution in [0.3, 0.4) is 0 Å². The number of carbonyl (C=O) groups excluding carboxylic acids is 4. The van der Waals surface area contributed by atoms with E-state index >= 15 is 0 Å². The van der Waals surface area contributed by atoms with E-state index in [1.165, 1.54) is 28.6 Å². The number of carbonyl (C=O) groups is 4. The summed E-state index contributed by atoms with van der Waals surface area (Å²) in [6.45, 7) is 0.743. The lowest BCUT2D eigenvalue weighted by Crippen LogP contribution is -2.43. The molecule has 1 saturated carbocycles. The summed E-state index contributed by atoms with van der Waals surface area (Å²) in [6, 6.07) is 8.73. The van der Waals surface area contributed by atoms with E-state index in [1.54, 1.807) is 24.3 Å². The minimum atomic E-state index is -0.606. The second kappa shape index (κ2) is 12.2. The van der Waals surface area contributed by atoms with Gasteiger partial charge < -0.3 is 26.0 Å². The molecule has 1 aliphatic carbocycles. The fraction of sp³-hybridized carbons (Fsp3) is 0.346. The zero-order chi connectivity index (χ0) is 28.1. The van der Waals surface area contributed by atoms with Crippen LogP contribution < -0.4 is 16.0 Å². The van der Waals surface area contributed by atoms with E-state index in [0.29, 0.717) is 16.6 Å². The predicted molar refractivity (Wildman–Crippen MR) is 142 cm³/mol. The van der Waals surface area contributed by atoms with E-state index in [-0.39, 0.29) is 66.8 Å². The minimum Gasteiger partial charge on any atom is -0.395 e. The molecule has 206 valence electrons. The summed E-state index contributed by atoms with van der Waals surface area (Å²) in [6.07, 6.45) is 1.52. The van der Waals surface area contributed by atoms with Crippen molar-refractivity contribution in [2.45, 2.75) is 38.9 Å². The van der Waals surface area contributed by atoms with Crippen molar-refractivity contribution in [3.63, 3.8) is 0 Å². The molecule has 0 atom stereocenters. The van der Waals surface area contributed by atoms with Gasteiger partial charge in [0.1, 0.15) is 18.1 Å². The minimum absolute atomic E-state index is 0.0409. The molecule has 1 fully saturated rings. The number of halogens is 2. The lowest BCUT2D eigenvalue weighted by molar-refractivity contribution is -0.137. The summed E-state index contributed by atoms with van der Waals surface area (Å²) in [5, 5.41) is 21.3. The fourth-order valence-corrected chi connectivity index (χ4v) is 4.29. The number of aromatic nitrogens is 2. The Hall–Kier alpha value is -4.03. The fourth-order valence-electron chi connectivity index (χ4n) is 4.10. The number of hydrogen-bond acceptors (Lipinski definition) is 6. The molecule has 0 unspecified atom stereocenters. The highest BCUT2D eigenvalue weighted by molar-refractivity contribution is 6.30. The third-order valence-electron chi connectivity index (χ3n) is 6.15. The van der Waals surface area contributed by atoms with Crippen molar-refractivity contribution in [3.05, 3.63) is 58.5 Å². The number of anilines is 1. The van der Waals surface area contributed by atoms with Crippen molar-refractivity contribution >= 4 is 51.8 Å². The van der Waals surface area contributed by atoms with E-state index in [2.05, 4.69) is 21.0 Å². The van der Waals surface area contributed by atoms with E-state index < -0.39 is 17.8 Å². The van der Waals surface area contributed by atoms with Crippen molar-refractivity contribution in [3.8, 4) is 0 Å². The summed E-state index contributed by atoms with van der Waals surface area (Å²) >= 11 is 5.79. The van der Waals surface area contributed by atoms with Crippen LogP contribution in [0.4, 0.5) is 14.9 Å². The van der Waals surface area contributed by atoms with Gasteiger partial charge in [-0.3, -0.25) is 19.1 Å². The smallest absolute Gasteiger partial charge is 0.319 e. The largest absolute Gasteiger partial charge is 0.395 e. The zero-order valence-corrected chi connectivity index (χ0v) is 21.9. The van der Waals surface area contributed by atoms with Crippen molar-refractivity contribution in [1.29, 1.82) is 0 Å². The van der Waals surface area contributed by atoms with Crippen LogP contribution in [0.1, 0.15) is 35.8 Å². The Balaban J connectivity index is 1.47. The highest BCUT2D eigenvalue weighted by Gasteiger charge is 2.34. The molecule has 4 amide bonds. The molecule has 1 heterocycles. The molecule has 11 nitrogen and oxygen atoms in total. The first-order valence-corrected chi connectivity index (χ1v) is 12.7. The molecule has 4 N–H and O–H groups in total. The van der Waals surface area contributed by atoms with Gasteiger partial charge in [0.25, 0.3) is 0 Å². The van der Waals surface area contributed by atoms with Crippen LogP contribution in [0.2, 0.25) is 5.02 Å². The number of aliphatic hydroxyl groups excluding tert-OH is 1. The number of aliphatic hydroxyl groups is 1. The lowest BCUT2D eigenvalue weighted by Gasteiger charge is -2.22. The lowest BCUT2D eigenvalue weighted by atomic mass is 10.1. The van der Waals surface area contributed by atoms with E-state index in [0.717, 1.165) is 12.8 Å². The second-order valence-corrected chi connectivity index (χ2v) is 9.55. The number of rotatable bonds is 11. The maximum absolute atomic E-state index is 14.1. The Morgan fingerprint density at radius 3 is 2.64 bits per heavy atom. The van der Waals surface area contributed by atoms with Crippen LogP contribution >= 0.6 is 11.6 Å². The van der Waals surface area contributed by atoms with Crippen LogP contribution in [0.5, 0.6) is 0 Å². The molecule has 0 bridgehead atoms. The van der Waals surface area contributed by atoms with Crippen molar-refractivity contribution in [2.75, 3.05) is 25.0 Å². The molecule has 39 heavy (non-hydrogen) atoms. The van der Waals surface area contributed by atoms with E-state index in [4.69, 9.17) is 16.7 Å². The van der Waals surface area contributed by atoms with Crippen molar-refractivity contribution in [1.82, 2.24) is 25.3 Å². The van der Waals surface area contributed by atoms with Gasteiger partial charge in [-0.1, -0.05) is 23.7 Å². The maximum Gasteiger partial charge on any atom is 0.319 e. The molecule has 0 saturated heterocycles. The molecule has 0 radical (unpaired) electrons. The molecule has 4 rings (SSSR count). The van der Waals surface area contributed by atoms with Gasteiger partial charge >= 0.3 is 6.03 Å². The first kappa shape index (κ1) is 28.0. The predicted octanol–water partition coefficient (Wildman–Crippen LogP) is 2.45. The summed E-state index contributed by atoms with van der Waals surface area (Å²) in [7, 11) is 0. The van der Waals surface area contributed by atoms with Crippen LogP contribution in [0.25, 0.3) is 10.9 Å². The number of fused-ring (bicyclic) bond motifs is 1. The van der Waals surface area contributed by atoms with Gasteiger partial charge in [-0.05, 0) is 37.1 Å². The highest BCUT2D eigenvalue weighted by Crippen LogP contribution is 2.28. The van der Waals surface area contributed by atoms with Crippen molar-refractivity contribution in [2.24, 2.45) is 0 Å². The number of amides is 4. The number of nitrogens with zero attached hydrogens (tertiary/aromatic N) is 3. The van der Waals surface area contributed by atoms with Gasteiger partial charge in [-0.15, -0.1) is 0 Å². The zero-order valence-electron chi connectivity index (χ0n) is 21.2. The van der Waals surface area contributed by atoms with E-state index in [1.807, 2.05) is 0 Å². The normalized spacial score (nSPS) is 12.7. The van der Waals surface area contributed by atoms with Gasteiger partial charge in [0.15, 0.2) is 5.78 Å². The average Bonchev–Trinajstić information content (AvgIpc) is 3.68. The van der Waals surface area contributed by atoms with Gasteiger partial charge in [0, 0.05) is 42.7 Å². The summed E-state index contributed by atoms with van der Waals surface area (Å²) in [5.41, 5.74) is 1.28. The van der Waals surface area contributed by atoms with Gasteiger partial charge in [-0.25, -0.2) is 9.18 Å². The first-order valence-electron chi connectivity index (χ1n) is 12.3. The Morgan fingerprint density at radius 2 is 1.95 bits per heavy atom. The summed E-state index contributed by atoms with van der Waals surface area (Å²) < 4.78 is 15.5. The number of nitrogens with one attached hydrogen (secondary N) is 3. The quantitative estimate of drug-likeness (QED) is 0.266. The Morgan fingerprint density at radius 1 is 1.18 bits per heavy atom. The summed E-state index contributed by atoms with van der Waals surface area (Å²) in [5.74, 6) is -1.73. The molecule has 3 aromatic rings. The number of urea groups is 1. The molecule has 1 aromatic heterocycles. The Labute approximate surface area is 228 Å². The third-order valence-corrected chi connectivity index (χ3v) is 6.45. The second-order valence-electron chi connectivity index (χ2n) is 9.14. The van der Waals surface area contributed by atoms with Crippen LogP contribution in [-0.2, 0) is 22.7 Å². The van der Waals surface area contributed by atoms with Gasteiger partial charge in [-0.2, -0.15) is 5.10 Å². The van der Waals surface area contributed by atoms with E-state index in [9.17, 15) is 23.6 Å². The molecule has 2 aromatic carbocycles. The maximum atomic E-state index is 14.1. The van der Waals surface area contributed by atoms with Crippen LogP contribution in [-0.4, -0.2) is 69.2 Å². The van der Waals surface area contributed by atoms with Gasteiger partial charge in [0.2, 0.25) is 11.8 Å². The number of hydrogen-bond donors (Lipinski definition) is 4. The molecular formula is C26H28ClFN6O5. The number of ketones is 1. The number of benzene rings is 2. The topological polar surface area (TPSA) is 146 Å². The van der Waals surface area contributed by atoms with Crippen molar-refractivity contribution < 1.29 is 28.7 Å². The molecule has 0 spiro atoms.